The molecule has 4 nitrogen and oxygen atoms in total. The van der Waals surface area contributed by atoms with Crippen molar-refractivity contribution in [2.24, 2.45) is 0 Å². The van der Waals surface area contributed by atoms with E-state index < -0.39 is 17.8 Å². The number of carbonyl (C=O) groups is 1. The average Bonchev–Trinajstić information content (AvgIpc) is 2.56. The van der Waals surface area contributed by atoms with Crippen molar-refractivity contribution >= 4 is 11.5 Å². The van der Waals surface area contributed by atoms with Gasteiger partial charge in [0.15, 0.2) is 6.10 Å². The summed E-state index contributed by atoms with van der Waals surface area (Å²) in [5, 5.41) is 18.5. The van der Waals surface area contributed by atoms with Crippen molar-refractivity contribution in [3.63, 3.8) is 0 Å². The van der Waals surface area contributed by atoms with E-state index in [1.807, 2.05) is 6.07 Å². The molecule has 2 N–H and O–H groups in total. The fourth-order valence-electron chi connectivity index (χ4n) is 1.58. The van der Waals surface area contributed by atoms with Crippen LogP contribution in [0.5, 0.6) is 0 Å². The number of esters is 1. The zero-order valence-corrected chi connectivity index (χ0v) is 7.88. The zero-order valence-electron chi connectivity index (χ0n) is 7.88. The first-order valence-corrected chi connectivity index (χ1v) is 4.54. The average molecular weight is 206 g/mol. The quantitative estimate of drug-likeness (QED) is 0.705. The van der Waals surface area contributed by atoms with Crippen LogP contribution >= 0.6 is 0 Å². The number of aliphatic hydroxyl groups is 2. The van der Waals surface area contributed by atoms with Gasteiger partial charge in [0, 0.05) is 0 Å². The van der Waals surface area contributed by atoms with Crippen molar-refractivity contribution in [3.05, 3.63) is 41.7 Å². The highest BCUT2D eigenvalue weighted by molar-refractivity contribution is 6.00. The molecular formula is C11H10O4. The Morgan fingerprint density at radius 2 is 1.93 bits per heavy atom. The van der Waals surface area contributed by atoms with Gasteiger partial charge >= 0.3 is 5.97 Å². The predicted molar refractivity (Wildman–Crippen MR) is 53.0 cm³/mol. The largest absolute Gasteiger partial charge is 0.502 e. The van der Waals surface area contributed by atoms with Crippen LogP contribution in [0.3, 0.4) is 0 Å². The molecule has 0 saturated carbocycles. The zero-order chi connectivity index (χ0) is 10.8. The van der Waals surface area contributed by atoms with Gasteiger partial charge in [0.1, 0.15) is 0 Å². The van der Waals surface area contributed by atoms with E-state index in [0.29, 0.717) is 11.1 Å². The maximum Gasteiger partial charge on any atom is 0.374 e. The molecule has 0 aromatic heterocycles. The standard InChI is InChI=1S/C11H10O4/c12-6-8-9(10(13)11(14)15-8)7-4-2-1-3-5-7/h1-5,8,12-13H,6H2. The molecular weight excluding hydrogens is 196 g/mol. The smallest absolute Gasteiger partial charge is 0.374 e. The van der Waals surface area contributed by atoms with Gasteiger partial charge < -0.3 is 14.9 Å². The Labute approximate surface area is 86.4 Å². The fourth-order valence-corrected chi connectivity index (χ4v) is 1.58. The molecule has 15 heavy (non-hydrogen) atoms. The second-order valence-electron chi connectivity index (χ2n) is 3.20. The molecule has 2 rings (SSSR count). The lowest BCUT2D eigenvalue weighted by molar-refractivity contribution is -0.143. The van der Waals surface area contributed by atoms with E-state index in [-0.39, 0.29) is 6.61 Å². The van der Waals surface area contributed by atoms with Crippen LogP contribution in [0.2, 0.25) is 0 Å². The molecule has 0 fully saturated rings. The Kier molecular flexibility index (Phi) is 2.43. The summed E-state index contributed by atoms with van der Waals surface area (Å²) >= 11 is 0. The molecule has 4 heteroatoms. The summed E-state index contributed by atoms with van der Waals surface area (Å²) in [5.41, 5.74) is 1.03. The third kappa shape index (κ3) is 1.59. The van der Waals surface area contributed by atoms with Gasteiger partial charge in [-0.15, -0.1) is 0 Å². The number of aliphatic hydroxyl groups excluding tert-OH is 2. The summed E-state index contributed by atoms with van der Waals surface area (Å²) in [4.78, 5) is 11.1. The maximum atomic E-state index is 11.1. The summed E-state index contributed by atoms with van der Waals surface area (Å²) in [6.07, 6.45) is -0.764. The topological polar surface area (TPSA) is 66.8 Å². The Morgan fingerprint density at radius 1 is 1.27 bits per heavy atom. The van der Waals surface area contributed by atoms with E-state index >= 15 is 0 Å². The van der Waals surface area contributed by atoms with Crippen LogP contribution in [0.25, 0.3) is 5.57 Å². The van der Waals surface area contributed by atoms with E-state index in [1.165, 1.54) is 0 Å². The fraction of sp³-hybridized carbons (Fsp3) is 0.182. The number of hydrogen-bond donors (Lipinski definition) is 2. The van der Waals surface area contributed by atoms with Gasteiger partial charge in [-0.2, -0.15) is 0 Å². The molecule has 0 bridgehead atoms. The predicted octanol–water partition coefficient (Wildman–Crippen LogP) is 0.873. The minimum Gasteiger partial charge on any atom is -0.502 e. The van der Waals surface area contributed by atoms with E-state index in [9.17, 15) is 9.90 Å². The van der Waals surface area contributed by atoms with Crippen molar-refractivity contribution < 1.29 is 19.7 Å². The lowest BCUT2D eigenvalue weighted by Crippen LogP contribution is -2.15. The molecule has 0 amide bonds. The highest BCUT2D eigenvalue weighted by Crippen LogP contribution is 2.29. The van der Waals surface area contributed by atoms with Crippen LogP contribution in [0.15, 0.2) is 36.1 Å². The van der Waals surface area contributed by atoms with Crippen molar-refractivity contribution in [1.29, 1.82) is 0 Å². The number of carbonyl (C=O) groups excluding carboxylic acids is 1. The molecule has 1 aromatic carbocycles. The van der Waals surface area contributed by atoms with Gasteiger partial charge in [0.25, 0.3) is 0 Å². The molecule has 0 radical (unpaired) electrons. The van der Waals surface area contributed by atoms with E-state index in [4.69, 9.17) is 9.84 Å². The number of benzene rings is 1. The van der Waals surface area contributed by atoms with Crippen LogP contribution in [-0.2, 0) is 9.53 Å². The second kappa shape index (κ2) is 3.74. The molecule has 0 spiro atoms. The van der Waals surface area contributed by atoms with Gasteiger partial charge in [-0.3, -0.25) is 0 Å². The van der Waals surface area contributed by atoms with Gasteiger partial charge in [-0.25, -0.2) is 4.79 Å². The number of ether oxygens (including phenoxy) is 1. The van der Waals surface area contributed by atoms with Gasteiger partial charge in [0.05, 0.1) is 12.2 Å². The molecule has 78 valence electrons. The van der Waals surface area contributed by atoms with Gasteiger partial charge in [-0.1, -0.05) is 30.3 Å². The molecule has 1 atom stereocenters. The molecule has 0 saturated heterocycles. The Balaban J connectivity index is 2.46. The lowest BCUT2D eigenvalue weighted by atomic mass is 10.0. The Bertz CT molecular complexity index is 408. The molecule has 1 unspecified atom stereocenters. The number of cyclic esters (lactones) is 1. The van der Waals surface area contributed by atoms with Crippen molar-refractivity contribution in [2.75, 3.05) is 6.61 Å². The third-order valence-electron chi connectivity index (χ3n) is 2.27. The molecule has 1 aromatic rings. The Hall–Kier alpha value is -1.81. The van der Waals surface area contributed by atoms with Crippen molar-refractivity contribution in [3.8, 4) is 0 Å². The second-order valence-corrected chi connectivity index (χ2v) is 3.20. The Morgan fingerprint density at radius 3 is 2.53 bits per heavy atom. The van der Waals surface area contributed by atoms with Crippen LogP contribution in [0.4, 0.5) is 0 Å². The van der Waals surface area contributed by atoms with Gasteiger partial charge in [0.2, 0.25) is 5.76 Å². The number of hydrogen-bond acceptors (Lipinski definition) is 4. The molecule has 0 aliphatic carbocycles. The normalized spacial score (nSPS) is 20.6. The maximum absolute atomic E-state index is 11.1. The first kappa shape index (κ1) is 9.73. The highest BCUT2D eigenvalue weighted by Gasteiger charge is 2.34. The van der Waals surface area contributed by atoms with Gasteiger partial charge in [-0.05, 0) is 5.56 Å². The summed E-state index contributed by atoms with van der Waals surface area (Å²) in [6.45, 7) is -0.333. The summed E-state index contributed by atoms with van der Waals surface area (Å²) in [7, 11) is 0. The monoisotopic (exact) mass is 206 g/mol. The SMILES string of the molecule is O=C1OC(CO)C(c2ccccc2)=C1O. The number of rotatable bonds is 2. The van der Waals surface area contributed by atoms with Crippen LogP contribution in [0, 0.1) is 0 Å². The minimum absolute atomic E-state index is 0.333. The first-order valence-electron chi connectivity index (χ1n) is 4.54. The van der Waals surface area contributed by atoms with Crippen LogP contribution in [0.1, 0.15) is 5.56 Å². The van der Waals surface area contributed by atoms with E-state index in [0.717, 1.165) is 0 Å². The molecule has 1 aliphatic heterocycles. The first-order chi connectivity index (χ1) is 7.24. The molecule has 1 aliphatic rings. The van der Waals surface area contributed by atoms with Crippen molar-refractivity contribution in [1.82, 2.24) is 0 Å². The summed E-state index contributed by atoms with van der Waals surface area (Å²) < 4.78 is 4.78. The summed E-state index contributed by atoms with van der Waals surface area (Å²) in [5.74, 6) is -1.20. The van der Waals surface area contributed by atoms with E-state index in [2.05, 4.69) is 0 Å². The molecule has 1 heterocycles. The van der Waals surface area contributed by atoms with Crippen molar-refractivity contribution in [2.45, 2.75) is 6.10 Å². The van der Waals surface area contributed by atoms with Crippen LogP contribution < -0.4 is 0 Å². The van der Waals surface area contributed by atoms with Crippen LogP contribution in [-0.4, -0.2) is 28.9 Å². The lowest BCUT2D eigenvalue weighted by Gasteiger charge is -2.09. The van der Waals surface area contributed by atoms with E-state index in [1.54, 1.807) is 24.3 Å². The third-order valence-corrected chi connectivity index (χ3v) is 2.27. The highest BCUT2D eigenvalue weighted by atomic mass is 16.6. The minimum atomic E-state index is -0.784. The summed E-state index contributed by atoms with van der Waals surface area (Å²) in [6, 6.07) is 8.89.